The van der Waals surface area contributed by atoms with Gasteiger partial charge in [-0.05, 0) is 12.5 Å². The molecule has 4 nitrogen and oxygen atoms in total. The SMILES string of the molecule is CC(Nc1cnc(C(N)=S)cn1)c1ccccc1. The van der Waals surface area contributed by atoms with Crippen LogP contribution in [0.2, 0.25) is 0 Å². The molecule has 3 N–H and O–H groups in total. The molecule has 2 aromatic rings. The molecule has 92 valence electrons. The lowest BCUT2D eigenvalue weighted by Crippen LogP contribution is -2.13. The van der Waals surface area contributed by atoms with Gasteiger partial charge in [0, 0.05) is 6.04 Å². The Kier molecular flexibility index (Phi) is 3.84. The van der Waals surface area contributed by atoms with E-state index in [1.807, 2.05) is 18.2 Å². The largest absolute Gasteiger partial charge is 0.388 e. The molecule has 2 rings (SSSR count). The highest BCUT2D eigenvalue weighted by atomic mass is 32.1. The van der Waals surface area contributed by atoms with Crippen LogP contribution in [0.1, 0.15) is 24.2 Å². The first kappa shape index (κ1) is 12.4. The predicted octanol–water partition coefficient (Wildman–Crippen LogP) is 2.28. The fourth-order valence-electron chi connectivity index (χ4n) is 1.58. The smallest absolute Gasteiger partial charge is 0.144 e. The Morgan fingerprint density at radius 2 is 1.94 bits per heavy atom. The van der Waals surface area contributed by atoms with Gasteiger partial charge in [0.15, 0.2) is 0 Å². The van der Waals surface area contributed by atoms with Gasteiger partial charge >= 0.3 is 0 Å². The Morgan fingerprint density at radius 1 is 1.22 bits per heavy atom. The van der Waals surface area contributed by atoms with E-state index in [0.29, 0.717) is 11.5 Å². The Hall–Kier alpha value is -2.01. The van der Waals surface area contributed by atoms with Crippen LogP contribution in [0, 0.1) is 0 Å². The van der Waals surface area contributed by atoms with Crippen molar-refractivity contribution in [2.24, 2.45) is 5.73 Å². The molecule has 1 aromatic heterocycles. The fourth-order valence-corrected chi connectivity index (χ4v) is 1.68. The molecule has 18 heavy (non-hydrogen) atoms. The lowest BCUT2D eigenvalue weighted by Gasteiger charge is -2.14. The van der Waals surface area contributed by atoms with Crippen molar-refractivity contribution in [2.45, 2.75) is 13.0 Å². The zero-order chi connectivity index (χ0) is 13.0. The van der Waals surface area contributed by atoms with Crippen LogP contribution in [-0.2, 0) is 0 Å². The normalized spacial score (nSPS) is 11.8. The molecule has 0 aliphatic carbocycles. The summed E-state index contributed by atoms with van der Waals surface area (Å²) in [6.07, 6.45) is 3.20. The minimum absolute atomic E-state index is 0.163. The van der Waals surface area contributed by atoms with Crippen molar-refractivity contribution in [3.05, 3.63) is 54.0 Å². The van der Waals surface area contributed by atoms with Crippen LogP contribution < -0.4 is 11.1 Å². The van der Waals surface area contributed by atoms with Crippen LogP contribution in [0.25, 0.3) is 0 Å². The molecule has 0 spiro atoms. The third kappa shape index (κ3) is 3.01. The van der Waals surface area contributed by atoms with Gasteiger partial charge in [0.25, 0.3) is 0 Å². The number of thiocarbonyl (C=S) groups is 1. The van der Waals surface area contributed by atoms with Crippen LogP contribution in [0.5, 0.6) is 0 Å². The molecule has 0 bridgehead atoms. The van der Waals surface area contributed by atoms with E-state index in [4.69, 9.17) is 18.0 Å². The molecule has 0 fully saturated rings. The maximum atomic E-state index is 5.46. The predicted molar refractivity (Wildman–Crippen MR) is 76.4 cm³/mol. The number of benzene rings is 1. The van der Waals surface area contributed by atoms with Crippen LogP contribution >= 0.6 is 12.2 Å². The first-order chi connectivity index (χ1) is 8.66. The van der Waals surface area contributed by atoms with Gasteiger partial charge in [-0.25, -0.2) is 9.97 Å². The second-order valence-electron chi connectivity index (χ2n) is 3.93. The highest BCUT2D eigenvalue weighted by molar-refractivity contribution is 7.80. The standard InChI is InChI=1S/C13H14N4S/c1-9(10-5-3-2-4-6-10)17-12-8-15-11(7-16-12)13(14)18/h2-9H,1H3,(H2,14,18)(H,16,17). The summed E-state index contributed by atoms with van der Waals surface area (Å²) in [6, 6.07) is 10.3. The van der Waals surface area contributed by atoms with E-state index < -0.39 is 0 Å². The Balaban J connectivity index is 2.08. The zero-order valence-corrected chi connectivity index (χ0v) is 10.8. The van der Waals surface area contributed by atoms with Gasteiger partial charge in [-0.3, -0.25) is 0 Å². The summed E-state index contributed by atoms with van der Waals surface area (Å²) >= 11 is 4.82. The average Bonchev–Trinajstić information content (AvgIpc) is 2.40. The van der Waals surface area contributed by atoms with Crippen molar-refractivity contribution in [2.75, 3.05) is 5.32 Å². The van der Waals surface area contributed by atoms with Crippen LogP contribution in [0.3, 0.4) is 0 Å². The maximum absolute atomic E-state index is 5.46. The molecule has 0 aliphatic rings. The third-order valence-corrected chi connectivity index (χ3v) is 2.78. The topological polar surface area (TPSA) is 63.8 Å². The average molecular weight is 258 g/mol. The summed E-state index contributed by atoms with van der Waals surface area (Å²) in [5, 5.41) is 3.27. The zero-order valence-electron chi connectivity index (χ0n) is 10.00. The van der Waals surface area contributed by atoms with Crippen molar-refractivity contribution in [3.63, 3.8) is 0 Å². The van der Waals surface area contributed by atoms with E-state index in [0.717, 1.165) is 0 Å². The van der Waals surface area contributed by atoms with Crippen molar-refractivity contribution in [1.82, 2.24) is 9.97 Å². The Bertz CT molecular complexity index is 524. The van der Waals surface area contributed by atoms with Crippen molar-refractivity contribution >= 4 is 23.0 Å². The van der Waals surface area contributed by atoms with Gasteiger partial charge in [-0.15, -0.1) is 0 Å². The summed E-state index contributed by atoms with van der Waals surface area (Å²) in [7, 11) is 0. The summed E-state index contributed by atoms with van der Waals surface area (Å²) in [5.74, 6) is 0.700. The molecule has 0 aliphatic heterocycles. The second-order valence-corrected chi connectivity index (χ2v) is 4.37. The van der Waals surface area contributed by atoms with E-state index in [1.165, 1.54) is 5.56 Å². The Labute approximate surface area is 111 Å². The number of aromatic nitrogens is 2. The fraction of sp³-hybridized carbons (Fsp3) is 0.154. The molecule has 5 heteroatoms. The van der Waals surface area contributed by atoms with Crippen molar-refractivity contribution in [1.29, 1.82) is 0 Å². The number of nitrogens with two attached hydrogens (primary N) is 1. The molecular formula is C13H14N4S. The number of hydrogen-bond acceptors (Lipinski definition) is 4. The van der Waals surface area contributed by atoms with Gasteiger partial charge in [0.05, 0.1) is 12.4 Å². The van der Waals surface area contributed by atoms with Gasteiger partial charge in [-0.2, -0.15) is 0 Å². The lowest BCUT2D eigenvalue weighted by atomic mass is 10.1. The van der Waals surface area contributed by atoms with Crippen LogP contribution in [0.4, 0.5) is 5.82 Å². The van der Waals surface area contributed by atoms with Gasteiger partial charge < -0.3 is 11.1 Å². The van der Waals surface area contributed by atoms with E-state index in [1.54, 1.807) is 12.4 Å². The Morgan fingerprint density at radius 3 is 2.50 bits per heavy atom. The van der Waals surface area contributed by atoms with Crippen molar-refractivity contribution in [3.8, 4) is 0 Å². The minimum Gasteiger partial charge on any atom is -0.388 e. The van der Waals surface area contributed by atoms with E-state index in [9.17, 15) is 0 Å². The molecule has 1 aromatic carbocycles. The van der Waals surface area contributed by atoms with E-state index in [-0.39, 0.29) is 11.0 Å². The molecular weight excluding hydrogens is 244 g/mol. The first-order valence-corrected chi connectivity index (χ1v) is 6.01. The highest BCUT2D eigenvalue weighted by Gasteiger charge is 2.06. The van der Waals surface area contributed by atoms with Crippen molar-refractivity contribution < 1.29 is 0 Å². The van der Waals surface area contributed by atoms with Crippen LogP contribution in [-0.4, -0.2) is 15.0 Å². The number of rotatable bonds is 4. The number of nitrogens with one attached hydrogen (secondary N) is 1. The number of nitrogens with zero attached hydrogens (tertiary/aromatic N) is 2. The quantitative estimate of drug-likeness (QED) is 0.824. The van der Waals surface area contributed by atoms with Gasteiger partial charge in [0.1, 0.15) is 16.5 Å². The molecule has 0 amide bonds. The van der Waals surface area contributed by atoms with Gasteiger partial charge in [0.2, 0.25) is 0 Å². The summed E-state index contributed by atoms with van der Waals surface area (Å²) in [5.41, 5.74) is 7.19. The third-order valence-electron chi connectivity index (χ3n) is 2.57. The molecule has 1 atom stereocenters. The first-order valence-electron chi connectivity index (χ1n) is 5.60. The van der Waals surface area contributed by atoms with E-state index in [2.05, 4.69) is 34.3 Å². The molecule has 1 unspecified atom stereocenters. The van der Waals surface area contributed by atoms with Crippen LogP contribution in [0.15, 0.2) is 42.7 Å². The van der Waals surface area contributed by atoms with Gasteiger partial charge in [-0.1, -0.05) is 42.5 Å². The minimum atomic E-state index is 0.163. The number of hydrogen-bond donors (Lipinski definition) is 2. The maximum Gasteiger partial charge on any atom is 0.144 e. The summed E-state index contributed by atoms with van der Waals surface area (Å²) in [6.45, 7) is 2.07. The molecule has 0 saturated heterocycles. The lowest BCUT2D eigenvalue weighted by molar-refractivity contribution is 0.871. The number of anilines is 1. The highest BCUT2D eigenvalue weighted by Crippen LogP contribution is 2.16. The molecule has 0 radical (unpaired) electrons. The summed E-state index contributed by atoms with van der Waals surface area (Å²) < 4.78 is 0. The molecule has 0 saturated carbocycles. The molecule has 1 heterocycles. The second kappa shape index (κ2) is 5.55. The monoisotopic (exact) mass is 258 g/mol. The summed E-state index contributed by atoms with van der Waals surface area (Å²) in [4.78, 5) is 8.61. The van der Waals surface area contributed by atoms with E-state index >= 15 is 0 Å².